The third kappa shape index (κ3) is 4.01. The largest absolute Gasteiger partial charge is 0.351 e. The molecular weight excluding hydrogens is 440 g/mol. The van der Waals surface area contributed by atoms with Crippen LogP contribution in [0.2, 0.25) is 5.02 Å². The van der Waals surface area contributed by atoms with Gasteiger partial charge in [-0.05, 0) is 35.4 Å². The molecule has 0 saturated heterocycles. The Kier molecular flexibility index (Phi) is 5.68. The van der Waals surface area contributed by atoms with Crippen LogP contribution in [-0.4, -0.2) is 29.8 Å². The molecule has 1 atom stereocenters. The maximum atomic E-state index is 12.9. The molecule has 0 aliphatic carbocycles. The van der Waals surface area contributed by atoms with Crippen LogP contribution in [0.3, 0.4) is 0 Å². The second-order valence-electron chi connectivity index (χ2n) is 7.92. The molecule has 1 aromatic heterocycles. The Balaban J connectivity index is 1.33. The number of halogens is 1. The maximum Gasteiger partial charge on any atom is 0.261 e. The number of fused-ring (bicyclic) bond motifs is 2. The quantitative estimate of drug-likeness (QED) is 0.399. The van der Waals surface area contributed by atoms with Crippen LogP contribution in [0, 0.1) is 0 Å². The molecule has 2 heterocycles. The van der Waals surface area contributed by atoms with Gasteiger partial charge in [-0.3, -0.25) is 9.59 Å². The number of benzene rings is 3. The van der Waals surface area contributed by atoms with E-state index in [9.17, 15) is 9.59 Å². The van der Waals surface area contributed by atoms with Gasteiger partial charge in [-0.25, -0.2) is 0 Å². The monoisotopic (exact) mass is 460 g/mol. The predicted molar refractivity (Wildman–Crippen MR) is 130 cm³/mol. The number of rotatable bonds is 6. The van der Waals surface area contributed by atoms with Crippen molar-refractivity contribution in [1.29, 1.82) is 0 Å². The van der Waals surface area contributed by atoms with Gasteiger partial charge < -0.3 is 10.2 Å². The third-order valence-electron chi connectivity index (χ3n) is 5.85. The molecule has 0 spiro atoms. The van der Waals surface area contributed by atoms with Crippen molar-refractivity contribution in [2.45, 2.75) is 12.5 Å². The molecule has 0 saturated carbocycles. The topological polar surface area (TPSA) is 49.4 Å². The molecule has 160 valence electrons. The minimum absolute atomic E-state index is 0.0172. The summed E-state index contributed by atoms with van der Waals surface area (Å²) in [5.74, 6) is -0.0948. The van der Waals surface area contributed by atoms with Crippen molar-refractivity contribution in [2.75, 3.05) is 13.1 Å². The smallest absolute Gasteiger partial charge is 0.261 e. The average Bonchev–Trinajstić information content (AvgIpc) is 3.40. The van der Waals surface area contributed by atoms with Crippen LogP contribution >= 0.6 is 22.9 Å². The molecule has 2 amide bonds. The van der Waals surface area contributed by atoms with E-state index < -0.39 is 0 Å². The Hall–Kier alpha value is -3.15. The molecule has 0 bridgehead atoms. The van der Waals surface area contributed by atoms with Gasteiger partial charge in [0, 0.05) is 46.2 Å². The van der Waals surface area contributed by atoms with Crippen molar-refractivity contribution in [3.05, 3.63) is 105 Å². The van der Waals surface area contributed by atoms with Crippen molar-refractivity contribution in [3.8, 4) is 0 Å². The zero-order valence-corrected chi connectivity index (χ0v) is 18.8. The highest BCUT2D eigenvalue weighted by Gasteiger charge is 2.29. The van der Waals surface area contributed by atoms with Gasteiger partial charge in [-0.15, -0.1) is 11.3 Å². The molecule has 3 aromatic carbocycles. The predicted octanol–water partition coefficient (Wildman–Crippen LogP) is 5.72. The summed E-state index contributed by atoms with van der Waals surface area (Å²) >= 11 is 7.70. The number of nitrogens with one attached hydrogen (secondary N) is 1. The highest BCUT2D eigenvalue weighted by Crippen LogP contribution is 2.31. The Morgan fingerprint density at radius 3 is 2.59 bits per heavy atom. The summed E-state index contributed by atoms with van der Waals surface area (Å²) in [6, 6.07) is 25.3. The molecule has 6 heteroatoms. The first kappa shape index (κ1) is 20.7. The lowest BCUT2D eigenvalue weighted by molar-refractivity contribution is 0.0767. The second kappa shape index (κ2) is 8.77. The first-order valence-electron chi connectivity index (χ1n) is 10.5. The van der Waals surface area contributed by atoms with Crippen molar-refractivity contribution >= 4 is 44.8 Å². The zero-order valence-electron chi connectivity index (χ0n) is 17.3. The SMILES string of the molecule is O=C(NC[C@@H](CN1Cc2ccccc2C1=O)c1ccccc1)c1cc2c(Cl)cccc2s1. The van der Waals surface area contributed by atoms with Gasteiger partial charge >= 0.3 is 0 Å². The summed E-state index contributed by atoms with van der Waals surface area (Å²) in [7, 11) is 0. The standard InChI is InChI=1S/C26H21ClN2O2S/c27-22-11-6-12-23-21(22)13-24(32-23)25(30)28-14-19(17-7-2-1-3-8-17)16-29-15-18-9-4-5-10-20(18)26(29)31/h1-13,19H,14-16H2,(H,28,30)/t19-/m0/s1. The summed E-state index contributed by atoms with van der Waals surface area (Å²) < 4.78 is 0.989. The Morgan fingerprint density at radius 1 is 1.03 bits per heavy atom. The van der Waals surface area contributed by atoms with Crippen LogP contribution in [0.4, 0.5) is 0 Å². The molecule has 4 aromatic rings. The van der Waals surface area contributed by atoms with E-state index in [-0.39, 0.29) is 17.7 Å². The van der Waals surface area contributed by atoms with Crippen LogP contribution < -0.4 is 5.32 Å². The van der Waals surface area contributed by atoms with Crippen molar-refractivity contribution in [1.82, 2.24) is 10.2 Å². The summed E-state index contributed by atoms with van der Waals surface area (Å²) in [5.41, 5.74) is 2.91. The summed E-state index contributed by atoms with van der Waals surface area (Å²) in [5, 5.41) is 4.62. The highest BCUT2D eigenvalue weighted by molar-refractivity contribution is 7.20. The number of hydrogen-bond donors (Lipinski definition) is 1. The Labute approximate surface area is 195 Å². The van der Waals surface area contributed by atoms with Crippen molar-refractivity contribution in [3.63, 3.8) is 0 Å². The molecule has 0 fully saturated rings. The molecule has 32 heavy (non-hydrogen) atoms. The van der Waals surface area contributed by atoms with Crippen LogP contribution in [0.1, 0.15) is 37.1 Å². The second-order valence-corrected chi connectivity index (χ2v) is 9.41. The number of carbonyl (C=O) groups is 2. The third-order valence-corrected chi connectivity index (χ3v) is 7.28. The van der Waals surface area contributed by atoms with Crippen LogP contribution in [0.25, 0.3) is 10.1 Å². The van der Waals surface area contributed by atoms with E-state index >= 15 is 0 Å². The molecule has 4 nitrogen and oxygen atoms in total. The van der Waals surface area contributed by atoms with Gasteiger partial charge in [-0.2, -0.15) is 0 Å². The molecule has 0 unspecified atom stereocenters. The van der Waals surface area contributed by atoms with E-state index in [0.717, 1.165) is 26.8 Å². The van der Waals surface area contributed by atoms with Crippen molar-refractivity contribution in [2.24, 2.45) is 0 Å². The maximum absolute atomic E-state index is 12.9. The van der Waals surface area contributed by atoms with Gasteiger partial charge in [0.25, 0.3) is 11.8 Å². The van der Waals surface area contributed by atoms with Gasteiger partial charge in [0.05, 0.1) is 4.88 Å². The summed E-state index contributed by atoms with van der Waals surface area (Å²) in [4.78, 5) is 28.3. The minimum Gasteiger partial charge on any atom is -0.351 e. The van der Waals surface area contributed by atoms with E-state index in [0.29, 0.717) is 29.5 Å². The van der Waals surface area contributed by atoms with E-state index in [1.165, 1.54) is 11.3 Å². The first-order valence-corrected chi connectivity index (χ1v) is 11.7. The van der Waals surface area contributed by atoms with Crippen LogP contribution in [0.15, 0.2) is 78.9 Å². The lowest BCUT2D eigenvalue weighted by atomic mass is 9.98. The number of nitrogens with zero attached hydrogens (tertiary/aromatic N) is 1. The van der Waals surface area contributed by atoms with Crippen LogP contribution in [0.5, 0.6) is 0 Å². The van der Waals surface area contributed by atoms with Crippen LogP contribution in [-0.2, 0) is 6.54 Å². The fourth-order valence-electron chi connectivity index (χ4n) is 4.18. The van der Waals surface area contributed by atoms with E-state index in [1.54, 1.807) is 0 Å². The zero-order chi connectivity index (χ0) is 22.1. The lowest BCUT2D eigenvalue weighted by Gasteiger charge is -2.24. The Bertz CT molecular complexity index is 1300. The van der Waals surface area contributed by atoms with Gasteiger partial charge in [-0.1, -0.05) is 66.2 Å². The number of carbonyl (C=O) groups excluding carboxylic acids is 2. The molecule has 1 N–H and O–H groups in total. The normalized spacial score (nSPS) is 13.9. The summed E-state index contributed by atoms with van der Waals surface area (Å²) in [6.07, 6.45) is 0. The fraction of sp³-hybridized carbons (Fsp3) is 0.154. The van der Waals surface area contributed by atoms with E-state index in [1.807, 2.05) is 83.8 Å². The first-order chi connectivity index (χ1) is 15.6. The van der Waals surface area contributed by atoms with E-state index in [2.05, 4.69) is 5.32 Å². The fourth-order valence-corrected chi connectivity index (χ4v) is 5.47. The van der Waals surface area contributed by atoms with E-state index in [4.69, 9.17) is 11.6 Å². The molecule has 5 rings (SSSR count). The number of thiophene rings is 1. The van der Waals surface area contributed by atoms with Gasteiger partial charge in [0.1, 0.15) is 0 Å². The minimum atomic E-state index is -0.126. The number of hydrogen-bond acceptors (Lipinski definition) is 3. The molecule has 1 aliphatic heterocycles. The Morgan fingerprint density at radius 2 is 1.81 bits per heavy atom. The van der Waals surface area contributed by atoms with Gasteiger partial charge in [0.2, 0.25) is 0 Å². The molecule has 0 radical (unpaired) electrons. The molecular formula is C26H21ClN2O2S. The summed E-state index contributed by atoms with van der Waals surface area (Å²) in [6.45, 7) is 1.57. The highest BCUT2D eigenvalue weighted by atomic mass is 35.5. The van der Waals surface area contributed by atoms with Crippen molar-refractivity contribution < 1.29 is 9.59 Å². The lowest BCUT2D eigenvalue weighted by Crippen LogP contribution is -2.35. The van der Waals surface area contributed by atoms with Gasteiger partial charge in [0.15, 0.2) is 0 Å². The average molecular weight is 461 g/mol. The molecule has 1 aliphatic rings. The number of amides is 2.